The molecule has 0 radical (unpaired) electrons. The summed E-state index contributed by atoms with van der Waals surface area (Å²) in [6, 6.07) is 4.01. The monoisotopic (exact) mass is 295 g/mol. The normalized spacial score (nSPS) is 21.0. The highest BCUT2D eigenvalue weighted by atomic mass is 32.2. The van der Waals surface area contributed by atoms with Gasteiger partial charge in [0.25, 0.3) is 0 Å². The number of amides is 1. The maximum atomic E-state index is 11.6. The van der Waals surface area contributed by atoms with Crippen LogP contribution in [0.3, 0.4) is 0 Å². The summed E-state index contributed by atoms with van der Waals surface area (Å²) in [5.41, 5.74) is 9.18. The fourth-order valence-electron chi connectivity index (χ4n) is 2.83. The number of primary amides is 1. The van der Waals surface area contributed by atoms with Crippen LogP contribution in [0.15, 0.2) is 48.7 Å². The number of nitrogens with one attached hydrogen (secondary N) is 2. The van der Waals surface area contributed by atoms with Gasteiger partial charge in [0.05, 0.1) is 16.6 Å². The van der Waals surface area contributed by atoms with Crippen LogP contribution < -0.4 is 26.2 Å². The Balaban J connectivity index is 2.07. The minimum Gasteiger partial charge on any atom is -0.366 e. The zero-order chi connectivity index (χ0) is 14.4. The number of fused-ring (bicyclic) bond motifs is 4. The lowest BCUT2D eigenvalue weighted by Gasteiger charge is -2.26. The molecule has 0 saturated heterocycles. The largest absolute Gasteiger partial charge is 0.366 e. The summed E-state index contributed by atoms with van der Waals surface area (Å²) < 4.78 is 3.40. The summed E-state index contributed by atoms with van der Waals surface area (Å²) >= 11 is 1.66. The molecule has 2 heterocycles. The van der Waals surface area contributed by atoms with Crippen LogP contribution in [-0.4, -0.2) is 11.2 Å². The third-order valence-electron chi connectivity index (χ3n) is 3.82. The van der Waals surface area contributed by atoms with Gasteiger partial charge < -0.3 is 15.8 Å². The van der Waals surface area contributed by atoms with Gasteiger partial charge in [0.1, 0.15) is 0 Å². The Kier molecular flexibility index (Phi) is 2.68. The lowest BCUT2D eigenvalue weighted by Crippen LogP contribution is -2.31. The zero-order valence-electron chi connectivity index (χ0n) is 11.1. The topological polar surface area (TPSA) is 67.2 Å². The van der Waals surface area contributed by atoms with Gasteiger partial charge in [0, 0.05) is 22.2 Å². The van der Waals surface area contributed by atoms with Gasteiger partial charge in [0.15, 0.2) is 0 Å². The van der Waals surface area contributed by atoms with Crippen molar-refractivity contribution in [2.45, 2.75) is 5.25 Å². The molecule has 0 fully saturated rings. The Bertz CT molecular complexity index is 864. The van der Waals surface area contributed by atoms with Crippen LogP contribution in [0, 0.1) is 0 Å². The minimum atomic E-state index is -0.413. The van der Waals surface area contributed by atoms with Crippen LogP contribution in [0.2, 0.25) is 0 Å². The number of hydrogen-bond acceptors (Lipinski definition) is 4. The molecule has 1 unspecified atom stereocenters. The number of benzene rings is 1. The molecule has 3 aliphatic rings. The van der Waals surface area contributed by atoms with Crippen molar-refractivity contribution in [3.05, 3.63) is 59.2 Å². The Labute approximate surface area is 125 Å². The summed E-state index contributed by atoms with van der Waals surface area (Å²) in [4.78, 5) is 11.6. The van der Waals surface area contributed by atoms with Crippen LogP contribution in [0.5, 0.6) is 0 Å². The van der Waals surface area contributed by atoms with E-state index in [2.05, 4.69) is 40.4 Å². The van der Waals surface area contributed by atoms with Gasteiger partial charge >= 0.3 is 0 Å². The van der Waals surface area contributed by atoms with E-state index in [0.29, 0.717) is 10.8 Å². The summed E-state index contributed by atoms with van der Waals surface area (Å²) in [7, 11) is 0. The second-order valence-electron chi connectivity index (χ2n) is 5.01. The van der Waals surface area contributed by atoms with E-state index in [1.165, 1.54) is 5.57 Å². The number of anilines is 2. The molecule has 0 saturated carbocycles. The maximum Gasteiger partial charge on any atom is 0.249 e. The van der Waals surface area contributed by atoms with Gasteiger partial charge in [-0.25, -0.2) is 0 Å². The molecule has 0 aromatic heterocycles. The molecule has 21 heavy (non-hydrogen) atoms. The van der Waals surface area contributed by atoms with E-state index in [1.54, 1.807) is 24.2 Å². The molecule has 1 atom stereocenters. The van der Waals surface area contributed by atoms with Crippen molar-refractivity contribution in [3.8, 4) is 0 Å². The summed E-state index contributed by atoms with van der Waals surface area (Å²) in [5, 5.41) is 5.55. The maximum absolute atomic E-state index is 11.6. The molecule has 1 amide bonds. The van der Waals surface area contributed by atoms with Crippen LogP contribution in [0.1, 0.15) is 0 Å². The predicted octanol–water partition coefficient (Wildman–Crippen LogP) is 0.981. The van der Waals surface area contributed by atoms with Crippen LogP contribution in [-0.2, 0) is 4.79 Å². The van der Waals surface area contributed by atoms with E-state index >= 15 is 0 Å². The lowest BCUT2D eigenvalue weighted by atomic mass is 9.99. The molecule has 4 rings (SSSR count). The Morgan fingerprint density at radius 1 is 1.14 bits per heavy atom. The van der Waals surface area contributed by atoms with Crippen LogP contribution in [0.4, 0.5) is 11.4 Å². The summed E-state index contributed by atoms with van der Waals surface area (Å²) in [5.74, 6) is -0.413. The smallest absolute Gasteiger partial charge is 0.249 e. The SMILES string of the molecule is NC(=O)C1=c2ccc3c(c2NC=C1)NSC1C=CC=CC=31. The standard InChI is InChI=1S/C16H13N3OS/c17-16(20)12-7-8-18-14-11(12)6-5-10-9-3-1-2-4-13(9)21-19-15(10)14/h1-8,13,18-19H,(H2,17,20). The van der Waals surface area contributed by atoms with Crippen LogP contribution >= 0.6 is 11.9 Å². The van der Waals surface area contributed by atoms with Crippen molar-refractivity contribution in [1.29, 1.82) is 0 Å². The van der Waals surface area contributed by atoms with Gasteiger partial charge in [0.2, 0.25) is 5.91 Å². The van der Waals surface area contributed by atoms with E-state index in [0.717, 1.165) is 21.8 Å². The average Bonchev–Trinajstić information content (AvgIpc) is 2.53. The third kappa shape index (κ3) is 1.81. The highest BCUT2D eigenvalue weighted by Crippen LogP contribution is 2.32. The zero-order valence-corrected chi connectivity index (χ0v) is 11.9. The highest BCUT2D eigenvalue weighted by molar-refractivity contribution is 8.01. The number of carbonyl (C=O) groups excluding carboxylic acids is 1. The fourth-order valence-corrected chi connectivity index (χ4v) is 3.79. The first-order valence-corrected chi connectivity index (χ1v) is 7.54. The predicted molar refractivity (Wildman–Crippen MR) is 87.7 cm³/mol. The molecular formula is C16H13N3OS. The van der Waals surface area contributed by atoms with Gasteiger partial charge in [-0.2, -0.15) is 0 Å². The fraction of sp³-hybridized carbons (Fsp3) is 0.0625. The Morgan fingerprint density at radius 2 is 2.00 bits per heavy atom. The third-order valence-corrected chi connectivity index (χ3v) is 4.80. The van der Waals surface area contributed by atoms with Crippen molar-refractivity contribution in [1.82, 2.24) is 0 Å². The molecule has 0 bridgehead atoms. The van der Waals surface area contributed by atoms with Gasteiger partial charge in [-0.1, -0.05) is 36.4 Å². The second-order valence-corrected chi connectivity index (χ2v) is 5.95. The quantitative estimate of drug-likeness (QED) is 0.676. The van der Waals surface area contributed by atoms with E-state index in [4.69, 9.17) is 5.73 Å². The van der Waals surface area contributed by atoms with Crippen molar-refractivity contribution in [3.63, 3.8) is 0 Å². The van der Waals surface area contributed by atoms with E-state index < -0.39 is 5.91 Å². The lowest BCUT2D eigenvalue weighted by molar-refractivity contribution is -0.112. The number of carbonyl (C=O) groups is 1. The molecular weight excluding hydrogens is 282 g/mol. The van der Waals surface area contributed by atoms with Crippen molar-refractivity contribution < 1.29 is 4.79 Å². The van der Waals surface area contributed by atoms with Crippen LogP contribution in [0.25, 0.3) is 11.1 Å². The summed E-state index contributed by atoms with van der Waals surface area (Å²) in [6.45, 7) is 0. The van der Waals surface area contributed by atoms with Gasteiger partial charge in [-0.3, -0.25) is 4.79 Å². The average molecular weight is 295 g/mol. The number of allylic oxidation sites excluding steroid dienone is 3. The van der Waals surface area contributed by atoms with E-state index in [1.807, 2.05) is 6.07 Å². The minimum absolute atomic E-state index is 0.319. The van der Waals surface area contributed by atoms with E-state index in [-0.39, 0.29) is 0 Å². The first-order valence-electron chi connectivity index (χ1n) is 6.66. The molecule has 1 aromatic carbocycles. The van der Waals surface area contributed by atoms with Crippen molar-refractivity contribution in [2.75, 3.05) is 10.0 Å². The molecule has 1 aliphatic carbocycles. The molecule has 4 N–H and O–H groups in total. The first-order chi connectivity index (χ1) is 10.3. The number of rotatable bonds is 1. The van der Waals surface area contributed by atoms with Gasteiger partial charge in [-0.15, -0.1) is 0 Å². The van der Waals surface area contributed by atoms with Gasteiger partial charge in [-0.05, 0) is 23.6 Å². The highest BCUT2D eigenvalue weighted by Gasteiger charge is 2.22. The summed E-state index contributed by atoms with van der Waals surface area (Å²) in [6.07, 6.45) is 11.9. The number of hydrogen-bond donors (Lipinski definition) is 3. The molecule has 1 aromatic rings. The molecule has 0 spiro atoms. The molecule has 5 heteroatoms. The first kappa shape index (κ1) is 12.3. The molecule has 104 valence electrons. The van der Waals surface area contributed by atoms with E-state index in [9.17, 15) is 4.79 Å². The molecule has 4 nitrogen and oxygen atoms in total. The van der Waals surface area contributed by atoms with Crippen molar-refractivity contribution >= 4 is 40.4 Å². The Morgan fingerprint density at radius 3 is 2.86 bits per heavy atom. The van der Waals surface area contributed by atoms with Crippen molar-refractivity contribution in [2.24, 2.45) is 5.73 Å². The molecule has 2 aliphatic heterocycles. The second kappa shape index (κ2) is 4.56. The number of nitrogens with two attached hydrogens (primary N) is 1. The Hall–Kier alpha value is -2.40.